The smallest absolute Gasteiger partial charge is 0.0900 e. The third kappa shape index (κ3) is 6.89. The fourth-order valence-electron chi connectivity index (χ4n) is 3.26. The van der Waals surface area contributed by atoms with Crippen molar-refractivity contribution in [1.29, 1.82) is 0 Å². The van der Waals surface area contributed by atoms with Gasteiger partial charge < -0.3 is 9.84 Å². The summed E-state index contributed by atoms with van der Waals surface area (Å²) < 4.78 is 5.69. The van der Waals surface area contributed by atoms with Gasteiger partial charge in [-0.3, -0.25) is 9.80 Å². The minimum absolute atomic E-state index is 0.198. The Labute approximate surface area is 147 Å². The topological polar surface area (TPSA) is 35.9 Å². The van der Waals surface area contributed by atoms with Crippen LogP contribution in [0.5, 0.6) is 0 Å². The summed E-state index contributed by atoms with van der Waals surface area (Å²) >= 11 is 0. The lowest BCUT2D eigenvalue weighted by atomic mass is 10.0. The summed E-state index contributed by atoms with van der Waals surface area (Å²) in [6, 6.07) is 11.2. The van der Waals surface area contributed by atoms with Crippen LogP contribution in [0.2, 0.25) is 0 Å². The largest absolute Gasteiger partial charge is 0.389 e. The number of hydrogen-bond donors (Lipinski definition) is 1. The van der Waals surface area contributed by atoms with E-state index in [9.17, 15) is 5.11 Å². The van der Waals surface area contributed by atoms with Gasteiger partial charge in [-0.2, -0.15) is 0 Å². The zero-order valence-electron chi connectivity index (χ0n) is 15.7. The van der Waals surface area contributed by atoms with Crippen molar-refractivity contribution < 1.29 is 9.84 Å². The van der Waals surface area contributed by atoms with Crippen LogP contribution in [0.3, 0.4) is 0 Å². The molecule has 2 atom stereocenters. The second-order valence-corrected chi connectivity index (χ2v) is 8.03. The first-order valence-corrected chi connectivity index (χ1v) is 9.12. The van der Waals surface area contributed by atoms with Crippen molar-refractivity contribution in [3.05, 3.63) is 35.9 Å². The van der Waals surface area contributed by atoms with Crippen LogP contribution in [0, 0.1) is 0 Å². The molecule has 1 aromatic rings. The van der Waals surface area contributed by atoms with Crippen molar-refractivity contribution >= 4 is 0 Å². The molecular weight excluding hydrogens is 300 g/mol. The standard InChI is InChI=1S/C20H34N2O2/c1-20(2,3)24-16-19(23)15-21(4)18-11-8-12-22(14-18)13-17-9-6-5-7-10-17/h5-7,9-10,18-19,23H,8,11-16H2,1-4H3. The predicted octanol–water partition coefficient (Wildman–Crippen LogP) is 2.76. The molecule has 0 spiro atoms. The summed E-state index contributed by atoms with van der Waals surface area (Å²) in [5.41, 5.74) is 1.18. The molecular formula is C20H34N2O2. The number of ether oxygens (including phenoxy) is 1. The zero-order valence-corrected chi connectivity index (χ0v) is 15.7. The van der Waals surface area contributed by atoms with Gasteiger partial charge in [0.25, 0.3) is 0 Å². The second kappa shape index (κ2) is 8.95. The average molecular weight is 335 g/mol. The van der Waals surface area contributed by atoms with Gasteiger partial charge in [-0.05, 0) is 52.8 Å². The Balaban J connectivity index is 1.78. The van der Waals surface area contributed by atoms with Crippen LogP contribution >= 0.6 is 0 Å². The Hall–Kier alpha value is -0.940. The highest BCUT2D eigenvalue weighted by molar-refractivity contribution is 5.14. The van der Waals surface area contributed by atoms with Gasteiger partial charge in [0, 0.05) is 25.7 Å². The first kappa shape index (κ1) is 19.4. The van der Waals surface area contributed by atoms with E-state index in [0.29, 0.717) is 19.2 Å². The van der Waals surface area contributed by atoms with Gasteiger partial charge in [-0.25, -0.2) is 0 Å². The Kier molecular flexibility index (Phi) is 7.23. The highest BCUT2D eigenvalue weighted by atomic mass is 16.5. The lowest BCUT2D eigenvalue weighted by Crippen LogP contribution is -2.48. The Morgan fingerprint density at radius 2 is 2.00 bits per heavy atom. The molecule has 0 bridgehead atoms. The molecule has 4 nitrogen and oxygen atoms in total. The molecule has 2 unspecified atom stereocenters. The van der Waals surface area contributed by atoms with Crippen LogP contribution in [0.25, 0.3) is 0 Å². The lowest BCUT2D eigenvalue weighted by molar-refractivity contribution is -0.0588. The summed E-state index contributed by atoms with van der Waals surface area (Å²) in [5.74, 6) is 0. The molecule has 1 N–H and O–H groups in total. The molecule has 1 saturated heterocycles. The molecule has 1 heterocycles. The van der Waals surface area contributed by atoms with Gasteiger partial charge in [-0.15, -0.1) is 0 Å². The first-order chi connectivity index (χ1) is 11.3. The number of likely N-dealkylation sites (N-methyl/N-ethyl adjacent to an activating group) is 1. The summed E-state index contributed by atoms with van der Waals surface area (Å²) in [6.45, 7) is 10.4. The highest BCUT2D eigenvalue weighted by Gasteiger charge is 2.25. The molecule has 1 fully saturated rings. The van der Waals surface area contributed by atoms with E-state index in [1.165, 1.54) is 18.4 Å². The van der Waals surface area contributed by atoms with Gasteiger partial charge in [0.1, 0.15) is 0 Å². The minimum Gasteiger partial charge on any atom is -0.389 e. The lowest BCUT2D eigenvalue weighted by Gasteiger charge is -2.38. The second-order valence-electron chi connectivity index (χ2n) is 8.03. The van der Waals surface area contributed by atoms with E-state index in [0.717, 1.165) is 19.6 Å². The van der Waals surface area contributed by atoms with Gasteiger partial charge in [-0.1, -0.05) is 30.3 Å². The molecule has 0 radical (unpaired) electrons. The molecule has 0 amide bonds. The van der Waals surface area contributed by atoms with E-state index in [1.807, 2.05) is 20.8 Å². The van der Waals surface area contributed by atoms with Crippen LogP contribution in [-0.2, 0) is 11.3 Å². The van der Waals surface area contributed by atoms with E-state index in [2.05, 4.69) is 47.2 Å². The number of aliphatic hydroxyl groups excluding tert-OH is 1. The number of piperidine rings is 1. The van der Waals surface area contributed by atoms with Crippen LogP contribution < -0.4 is 0 Å². The average Bonchev–Trinajstić information content (AvgIpc) is 2.53. The number of rotatable bonds is 7. The van der Waals surface area contributed by atoms with Gasteiger partial charge >= 0.3 is 0 Å². The number of benzene rings is 1. The maximum absolute atomic E-state index is 10.2. The number of hydrogen-bond acceptors (Lipinski definition) is 4. The number of likely N-dealkylation sites (tertiary alicyclic amines) is 1. The molecule has 136 valence electrons. The Morgan fingerprint density at radius 1 is 1.29 bits per heavy atom. The third-order valence-corrected chi connectivity index (χ3v) is 4.56. The van der Waals surface area contributed by atoms with Crippen molar-refractivity contribution in [1.82, 2.24) is 9.80 Å². The normalized spacial score (nSPS) is 21.2. The van der Waals surface area contributed by atoms with Crippen molar-refractivity contribution in [3.63, 3.8) is 0 Å². The predicted molar refractivity (Wildman–Crippen MR) is 99.1 cm³/mol. The SMILES string of the molecule is CN(CC(O)COC(C)(C)C)C1CCCN(Cc2ccccc2)C1. The van der Waals surface area contributed by atoms with Crippen molar-refractivity contribution in [2.24, 2.45) is 0 Å². The van der Waals surface area contributed by atoms with E-state index in [1.54, 1.807) is 0 Å². The van der Waals surface area contributed by atoms with Crippen LogP contribution in [0.1, 0.15) is 39.2 Å². The molecule has 1 aromatic carbocycles. The fraction of sp³-hybridized carbons (Fsp3) is 0.700. The molecule has 1 aliphatic heterocycles. The molecule has 2 rings (SSSR count). The van der Waals surface area contributed by atoms with E-state index in [4.69, 9.17) is 4.74 Å². The summed E-state index contributed by atoms with van der Waals surface area (Å²) in [6.07, 6.45) is 1.99. The monoisotopic (exact) mass is 334 g/mol. The molecule has 0 aliphatic carbocycles. The van der Waals surface area contributed by atoms with E-state index < -0.39 is 6.10 Å². The first-order valence-electron chi connectivity index (χ1n) is 9.12. The molecule has 24 heavy (non-hydrogen) atoms. The Bertz CT molecular complexity index is 472. The summed E-state index contributed by atoms with van der Waals surface area (Å²) in [4.78, 5) is 4.83. The summed E-state index contributed by atoms with van der Waals surface area (Å²) in [5, 5.41) is 10.2. The number of nitrogens with zero attached hydrogens (tertiary/aromatic N) is 2. The Morgan fingerprint density at radius 3 is 2.67 bits per heavy atom. The maximum atomic E-state index is 10.2. The van der Waals surface area contributed by atoms with Crippen LogP contribution in [-0.4, -0.2) is 65.9 Å². The highest BCUT2D eigenvalue weighted by Crippen LogP contribution is 2.18. The van der Waals surface area contributed by atoms with Gasteiger partial charge in [0.15, 0.2) is 0 Å². The van der Waals surface area contributed by atoms with E-state index in [-0.39, 0.29) is 5.60 Å². The fourth-order valence-corrected chi connectivity index (χ4v) is 3.26. The van der Waals surface area contributed by atoms with Crippen molar-refractivity contribution in [2.75, 3.05) is 33.3 Å². The van der Waals surface area contributed by atoms with E-state index >= 15 is 0 Å². The number of aliphatic hydroxyl groups is 1. The van der Waals surface area contributed by atoms with Crippen molar-refractivity contribution in [2.45, 2.75) is 57.9 Å². The summed E-state index contributed by atoms with van der Waals surface area (Å²) in [7, 11) is 2.12. The molecule has 1 aliphatic rings. The molecule has 0 saturated carbocycles. The molecule has 0 aromatic heterocycles. The molecule has 4 heteroatoms. The van der Waals surface area contributed by atoms with Crippen molar-refractivity contribution in [3.8, 4) is 0 Å². The van der Waals surface area contributed by atoms with Gasteiger partial charge in [0.05, 0.1) is 18.3 Å². The van der Waals surface area contributed by atoms with Crippen LogP contribution in [0.15, 0.2) is 30.3 Å². The third-order valence-electron chi connectivity index (χ3n) is 4.56. The maximum Gasteiger partial charge on any atom is 0.0900 e. The van der Waals surface area contributed by atoms with Crippen LogP contribution in [0.4, 0.5) is 0 Å². The zero-order chi connectivity index (χ0) is 17.6. The quantitative estimate of drug-likeness (QED) is 0.832. The minimum atomic E-state index is -0.432. The van der Waals surface area contributed by atoms with Gasteiger partial charge in [0.2, 0.25) is 0 Å².